The molecular formula is C13H22ClN3O3. The van der Waals surface area contributed by atoms with Crippen LogP contribution in [0.3, 0.4) is 0 Å². The lowest BCUT2D eigenvalue weighted by atomic mass is 10.1. The van der Waals surface area contributed by atoms with Crippen LogP contribution in [0.15, 0.2) is 0 Å². The Bertz CT molecular complexity index is 385. The number of nitrogens with one attached hydrogen (secondary N) is 2. The summed E-state index contributed by atoms with van der Waals surface area (Å²) in [7, 11) is 0. The third kappa shape index (κ3) is 4.67. The first-order valence-corrected chi connectivity index (χ1v) is 7.25. The van der Waals surface area contributed by atoms with Crippen molar-refractivity contribution in [1.29, 1.82) is 0 Å². The highest BCUT2D eigenvalue weighted by Gasteiger charge is 2.35. The van der Waals surface area contributed by atoms with E-state index in [0.717, 1.165) is 0 Å². The number of amides is 3. The van der Waals surface area contributed by atoms with Crippen molar-refractivity contribution in [3.8, 4) is 0 Å². The highest BCUT2D eigenvalue weighted by atomic mass is 35.5. The SMILES string of the molecule is CC(Cl)C(=O)NCCNC(=O)C1CC(=O)N(C(C)C)C1. The maximum Gasteiger partial charge on any atom is 0.237 e. The van der Waals surface area contributed by atoms with Gasteiger partial charge < -0.3 is 15.5 Å². The predicted molar refractivity (Wildman–Crippen MR) is 76.3 cm³/mol. The monoisotopic (exact) mass is 303 g/mol. The highest BCUT2D eigenvalue weighted by Crippen LogP contribution is 2.19. The molecule has 1 heterocycles. The van der Waals surface area contributed by atoms with Gasteiger partial charge in [0, 0.05) is 32.1 Å². The van der Waals surface area contributed by atoms with Crippen molar-refractivity contribution >= 4 is 29.3 Å². The molecule has 0 aromatic rings. The van der Waals surface area contributed by atoms with Gasteiger partial charge in [0.2, 0.25) is 17.7 Å². The summed E-state index contributed by atoms with van der Waals surface area (Å²) >= 11 is 5.59. The Labute approximate surface area is 124 Å². The fraction of sp³-hybridized carbons (Fsp3) is 0.769. The molecule has 2 N–H and O–H groups in total. The van der Waals surface area contributed by atoms with Crippen LogP contribution in [0.2, 0.25) is 0 Å². The van der Waals surface area contributed by atoms with Gasteiger partial charge in [0.15, 0.2) is 0 Å². The molecule has 1 aliphatic rings. The second-order valence-electron chi connectivity index (χ2n) is 5.24. The number of alkyl halides is 1. The van der Waals surface area contributed by atoms with E-state index < -0.39 is 5.38 Å². The molecule has 114 valence electrons. The first kappa shape index (κ1) is 16.8. The van der Waals surface area contributed by atoms with Crippen molar-refractivity contribution < 1.29 is 14.4 Å². The molecule has 0 aliphatic carbocycles. The first-order chi connectivity index (χ1) is 9.32. The smallest absolute Gasteiger partial charge is 0.237 e. The van der Waals surface area contributed by atoms with Crippen LogP contribution in [0.25, 0.3) is 0 Å². The van der Waals surface area contributed by atoms with E-state index in [1.807, 2.05) is 13.8 Å². The minimum Gasteiger partial charge on any atom is -0.354 e. The molecule has 1 aliphatic heterocycles. The van der Waals surface area contributed by atoms with E-state index in [1.165, 1.54) is 0 Å². The van der Waals surface area contributed by atoms with Crippen LogP contribution in [0.5, 0.6) is 0 Å². The molecule has 20 heavy (non-hydrogen) atoms. The van der Waals surface area contributed by atoms with Crippen molar-refractivity contribution in [2.75, 3.05) is 19.6 Å². The fourth-order valence-electron chi connectivity index (χ4n) is 2.06. The van der Waals surface area contributed by atoms with Crippen LogP contribution in [0, 0.1) is 5.92 Å². The largest absolute Gasteiger partial charge is 0.354 e. The lowest BCUT2D eigenvalue weighted by Gasteiger charge is -2.20. The molecule has 7 heteroatoms. The van der Waals surface area contributed by atoms with Crippen LogP contribution in [-0.4, -0.2) is 53.7 Å². The zero-order valence-corrected chi connectivity index (χ0v) is 12.9. The fourth-order valence-corrected chi connectivity index (χ4v) is 2.14. The lowest BCUT2D eigenvalue weighted by Crippen LogP contribution is -2.40. The van der Waals surface area contributed by atoms with E-state index >= 15 is 0 Å². The van der Waals surface area contributed by atoms with E-state index in [4.69, 9.17) is 11.6 Å². The molecule has 0 aromatic carbocycles. The summed E-state index contributed by atoms with van der Waals surface area (Å²) in [4.78, 5) is 36.5. The molecule has 0 saturated carbocycles. The predicted octanol–water partition coefficient (Wildman–Crippen LogP) is 0.103. The van der Waals surface area contributed by atoms with E-state index in [0.29, 0.717) is 19.6 Å². The zero-order chi connectivity index (χ0) is 15.3. The molecule has 1 saturated heterocycles. The van der Waals surface area contributed by atoms with Gasteiger partial charge in [0.05, 0.1) is 5.92 Å². The molecule has 1 rings (SSSR count). The van der Waals surface area contributed by atoms with Crippen molar-refractivity contribution in [3.05, 3.63) is 0 Å². The van der Waals surface area contributed by atoms with Gasteiger partial charge in [-0.25, -0.2) is 0 Å². The van der Waals surface area contributed by atoms with Crippen LogP contribution >= 0.6 is 11.6 Å². The second kappa shape index (κ2) is 7.47. The van der Waals surface area contributed by atoms with Crippen molar-refractivity contribution in [3.63, 3.8) is 0 Å². The number of hydrogen-bond donors (Lipinski definition) is 2. The van der Waals surface area contributed by atoms with Crippen LogP contribution in [-0.2, 0) is 14.4 Å². The number of nitrogens with zero attached hydrogens (tertiary/aromatic N) is 1. The molecule has 0 bridgehead atoms. The molecule has 1 fully saturated rings. The average molecular weight is 304 g/mol. The number of carbonyl (C=O) groups is 3. The molecule has 0 spiro atoms. The number of likely N-dealkylation sites (tertiary alicyclic amines) is 1. The van der Waals surface area contributed by atoms with Gasteiger partial charge in [0.1, 0.15) is 5.38 Å². The third-order valence-corrected chi connectivity index (χ3v) is 3.44. The Morgan fingerprint density at radius 3 is 2.40 bits per heavy atom. The van der Waals surface area contributed by atoms with Gasteiger partial charge in [-0.1, -0.05) is 0 Å². The summed E-state index contributed by atoms with van der Waals surface area (Å²) in [6, 6.07) is 0.116. The molecule has 6 nitrogen and oxygen atoms in total. The Balaban J connectivity index is 2.27. The van der Waals surface area contributed by atoms with Gasteiger partial charge >= 0.3 is 0 Å². The normalized spacial score (nSPS) is 20.1. The van der Waals surface area contributed by atoms with Crippen molar-refractivity contribution in [2.24, 2.45) is 5.92 Å². The topological polar surface area (TPSA) is 78.5 Å². The summed E-state index contributed by atoms with van der Waals surface area (Å²) in [6.07, 6.45) is 0.259. The van der Waals surface area contributed by atoms with Gasteiger partial charge in [-0.3, -0.25) is 14.4 Å². The number of carbonyl (C=O) groups excluding carboxylic acids is 3. The second-order valence-corrected chi connectivity index (χ2v) is 5.89. The van der Waals surface area contributed by atoms with E-state index in [2.05, 4.69) is 10.6 Å². The summed E-state index contributed by atoms with van der Waals surface area (Å²) in [5.74, 6) is -0.686. The van der Waals surface area contributed by atoms with Crippen LogP contribution < -0.4 is 10.6 Å². The molecule has 0 aromatic heterocycles. The van der Waals surface area contributed by atoms with Crippen molar-refractivity contribution in [1.82, 2.24) is 15.5 Å². The summed E-state index contributed by atoms with van der Waals surface area (Å²) in [5.41, 5.74) is 0. The number of hydrogen-bond acceptors (Lipinski definition) is 3. The maximum atomic E-state index is 11.9. The Hall–Kier alpha value is -1.30. The third-order valence-electron chi connectivity index (χ3n) is 3.24. The average Bonchev–Trinajstić information content (AvgIpc) is 2.76. The Kier molecular flexibility index (Phi) is 6.26. The highest BCUT2D eigenvalue weighted by molar-refractivity contribution is 6.30. The zero-order valence-electron chi connectivity index (χ0n) is 12.1. The van der Waals surface area contributed by atoms with Crippen LogP contribution in [0.4, 0.5) is 0 Å². The minimum atomic E-state index is -0.585. The number of halogens is 1. The van der Waals surface area contributed by atoms with E-state index in [-0.39, 0.29) is 36.1 Å². The quantitative estimate of drug-likeness (QED) is 0.540. The van der Waals surface area contributed by atoms with E-state index in [1.54, 1.807) is 11.8 Å². The standard InChI is InChI=1S/C13H22ClN3O3/c1-8(2)17-7-10(6-11(17)18)13(20)16-5-4-15-12(19)9(3)14/h8-10H,4-7H2,1-3H3,(H,15,19)(H,16,20). The van der Waals surface area contributed by atoms with Crippen LogP contribution in [0.1, 0.15) is 27.2 Å². The molecule has 0 radical (unpaired) electrons. The maximum absolute atomic E-state index is 11.9. The Morgan fingerprint density at radius 1 is 1.30 bits per heavy atom. The molecule has 2 unspecified atom stereocenters. The summed E-state index contributed by atoms with van der Waals surface area (Å²) < 4.78 is 0. The van der Waals surface area contributed by atoms with Crippen molar-refractivity contribution in [2.45, 2.75) is 38.6 Å². The Morgan fingerprint density at radius 2 is 1.90 bits per heavy atom. The first-order valence-electron chi connectivity index (χ1n) is 6.82. The molecule has 2 atom stereocenters. The van der Waals surface area contributed by atoms with Gasteiger partial charge in [-0.05, 0) is 20.8 Å². The van der Waals surface area contributed by atoms with Gasteiger partial charge in [0.25, 0.3) is 0 Å². The lowest BCUT2D eigenvalue weighted by molar-refractivity contribution is -0.129. The molecule has 3 amide bonds. The van der Waals surface area contributed by atoms with Gasteiger partial charge in [-0.15, -0.1) is 11.6 Å². The van der Waals surface area contributed by atoms with Gasteiger partial charge in [-0.2, -0.15) is 0 Å². The summed E-state index contributed by atoms with van der Waals surface area (Å²) in [5, 5.41) is 4.74. The summed E-state index contributed by atoms with van der Waals surface area (Å²) in [6.45, 7) is 6.58. The minimum absolute atomic E-state index is 0.0180. The molecular weight excluding hydrogens is 282 g/mol. The number of rotatable bonds is 6. The van der Waals surface area contributed by atoms with E-state index in [9.17, 15) is 14.4 Å².